The van der Waals surface area contributed by atoms with Crippen LogP contribution in [0, 0.1) is 0 Å². The molecule has 1 atom stereocenters. The van der Waals surface area contributed by atoms with Crippen LogP contribution < -0.4 is 5.32 Å². The SMILES string of the molecule is CC/C=C\C/C=C\C/C=C\C/C=C\CCCCCCCCC(=O)OC(CCC/C=C\CCCCCCCCCC)CCCCCCCC(=O)NCC(=O)O. The molecule has 1 amide bonds. The third-order valence-electron chi connectivity index (χ3n) is 9.67. The first-order valence-electron chi connectivity index (χ1n) is 22.4. The highest BCUT2D eigenvalue weighted by molar-refractivity contribution is 5.80. The van der Waals surface area contributed by atoms with Gasteiger partial charge in [0, 0.05) is 12.8 Å². The van der Waals surface area contributed by atoms with Gasteiger partial charge in [0.15, 0.2) is 0 Å². The number of amides is 1. The van der Waals surface area contributed by atoms with E-state index in [1.165, 1.54) is 83.5 Å². The highest BCUT2D eigenvalue weighted by atomic mass is 16.5. The number of aliphatic carboxylic acids is 1. The van der Waals surface area contributed by atoms with Crippen molar-refractivity contribution in [3.63, 3.8) is 0 Å². The summed E-state index contributed by atoms with van der Waals surface area (Å²) in [5.74, 6) is -1.26. The number of nitrogens with one attached hydrogen (secondary N) is 1. The third kappa shape index (κ3) is 41.9. The summed E-state index contributed by atoms with van der Waals surface area (Å²) in [6, 6.07) is 0. The van der Waals surface area contributed by atoms with Gasteiger partial charge in [0.05, 0.1) is 0 Å². The zero-order valence-corrected chi connectivity index (χ0v) is 35.1. The first-order valence-corrected chi connectivity index (χ1v) is 22.4. The maximum Gasteiger partial charge on any atom is 0.322 e. The van der Waals surface area contributed by atoms with Crippen molar-refractivity contribution in [2.75, 3.05) is 6.54 Å². The van der Waals surface area contributed by atoms with Crippen LogP contribution in [-0.4, -0.2) is 35.6 Å². The van der Waals surface area contributed by atoms with Gasteiger partial charge in [-0.05, 0) is 96.3 Å². The molecule has 2 N–H and O–H groups in total. The van der Waals surface area contributed by atoms with Gasteiger partial charge in [-0.3, -0.25) is 14.4 Å². The number of rotatable bonds is 40. The lowest BCUT2D eigenvalue weighted by atomic mass is 10.0. The largest absolute Gasteiger partial charge is 0.480 e. The van der Waals surface area contributed by atoms with E-state index in [1.807, 2.05) is 0 Å². The summed E-state index contributed by atoms with van der Waals surface area (Å²) >= 11 is 0. The topological polar surface area (TPSA) is 92.7 Å². The number of carbonyl (C=O) groups is 3. The lowest BCUT2D eigenvalue weighted by molar-refractivity contribution is -0.150. The Hall–Kier alpha value is -2.89. The molecule has 1 unspecified atom stereocenters. The van der Waals surface area contributed by atoms with E-state index in [1.54, 1.807) is 0 Å². The monoisotopic (exact) mass is 754 g/mol. The first-order chi connectivity index (χ1) is 26.5. The molecule has 0 fully saturated rings. The number of ether oxygens (including phenoxy) is 1. The summed E-state index contributed by atoms with van der Waals surface area (Å²) in [6.07, 6.45) is 56.3. The Kier molecular flexibility index (Phi) is 40.6. The number of carboxylic acids is 1. The Morgan fingerprint density at radius 1 is 0.500 bits per heavy atom. The van der Waals surface area contributed by atoms with Gasteiger partial charge in [-0.25, -0.2) is 0 Å². The van der Waals surface area contributed by atoms with Crippen molar-refractivity contribution in [3.05, 3.63) is 60.8 Å². The molecular formula is C48H83NO5. The lowest BCUT2D eigenvalue weighted by Crippen LogP contribution is -2.28. The Morgan fingerprint density at radius 2 is 0.926 bits per heavy atom. The maximum atomic E-state index is 12.8. The number of hydrogen-bond donors (Lipinski definition) is 2. The molecule has 6 heteroatoms. The van der Waals surface area contributed by atoms with Crippen LogP contribution >= 0.6 is 0 Å². The molecular weight excluding hydrogens is 671 g/mol. The fourth-order valence-electron chi connectivity index (χ4n) is 6.39. The smallest absolute Gasteiger partial charge is 0.322 e. The van der Waals surface area contributed by atoms with Gasteiger partial charge < -0.3 is 15.2 Å². The van der Waals surface area contributed by atoms with Gasteiger partial charge in [0.25, 0.3) is 0 Å². The van der Waals surface area contributed by atoms with Crippen LogP contribution in [0.15, 0.2) is 60.8 Å². The van der Waals surface area contributed by atoms with Gasteiger partial charge in [-0.15, -0.1) is 0 Å². The summed E-state index contributed by atoms with van der Waals surface area (Å²) in [5, 5.41) is 11.1. The van der Waals surface area contributed by atoms with E-state index in [9.17, 15) is 14.4 Å². The van der Waals surface area contributed by atoms with Crippen molar-refractivity contribution >= 4 is 17.8 Å². The minimum Gasteiger partial charge on any atom is -0.480 e. The molecule has 0 aliphatic carbocycles. The molecule has 0 radical (unpaired) electrons. The van der Waals surface area contributed by atoms with Gasteiger partial charge in [0.1, 0.15) is 12.6 Å². The van der Waals surface area contributed by atoms with E-state index in [2.05, 4.69) is 79.9 Å². The van der Waals surface area contributed by atoms with E-state index in [0.717, 1.165) is 103 Å². The number of unbranched alkanes of at least 4 members (excludes halogenated alkanes) is 19. The molecule has 0 aliphatic heterocycles. The number of hydrogen-bond acceptors (Lipinski definition) is 4. The molecule has 0 rings (SSSR count). The predicted molar refractivity (Wildman–Crippen MR) is 231 cm³/mol. The van der Waals surface area contributed by atoms with Crippen LogP contribution in [0.4, 0.5) is 0 Å². The van der Waals surface area contributed by atoms with Crippen molar-refractivity contribution in [1.29, 1.82) is 0 Å². The summed E-state index contributed by atoms with van der Waals surface area (Å²) < 4.78 is 6.02. The molecule has 0 saturated carbocycles. The maximum absolute atomic E-state index is 12.8. The van der Waals surface area contributed by atoms with E-state index in [0.29, 0.717) is 12.8 Å². The number of esters is 1. The molecule has 0 aromatic carbocycles. The minimum atomic E-state index is -1.02. The van der Waals surface area contributed by atoms with Gasteiger partial charge >= 0.3 is 11.9 Å². The van der Waals surface area contributed by atoms with E-state index < -0.39 is 5.97 Å². The van der Waals surface area contributed by atoms with Gasteiger partial charge in [-0.1, -0.05) is 164 Å². The average molecular weight is 754 g/mol. The third-order valence-corrected chi connectivity index (χ3v) is 9.67. The Morgan fingerprint density at radius 3 is 1.48 bits per heavy atom. The van der Waals surface area contributed by atoms with Crippen molar-refractivity contribution in [2.45, 2.75) is 219 Å². The van der Waals surface area contributed by atoms with Crippen molar-refractivity contribution in [1.82, 2.24) is 5.32 Å². The molecule has 0 spiro atoms. The molecule has 0 saturated heterocycles. The molecule has 54 heavy (non-hydrogen) atoms. The fourth-order valence-corrected chi connectivity index (χ4v) is 6.39. The standard InChI is InChI=1S/C48H83NO5/c1-3-5-7-9-11-13-15-17-18-19-20-21-22-24-26-28-30-35-39-43-48(53)54-45(41-37-33-31-34-38-42-46(50)49-44-47(51)52)40-36-32-29-27-25-23-16-14-12-10-8-6-4-2/h5,7,11,13,17-18,20-21,27,29,45H,3-4,6,8-10,12,14-16,19,22-26,28,30-44H2,1-2H3,(H,49,50)(H,51,52)/b7-5-,13-11-,18-17-,21-20-,29-27-. The quantitative estimate of drug-likeness (QED) is 0.0369. The van der Waals surface area contributed by atoms with Gasteiger partial charge in [-0.2, -0.15) is 0 Å². The number of carboxylic acid groups (broad SMARTS) is 1. The highest BCUT2D eigenvalue weighted by Gasteiger charge is 2.14. The zero-order chi connectivity index (χ0) is 39.4. The molecule has 0 bridgehead atoms. The molecule has 0 aliphatic rings. The average Bonchev–Trinajstić information content (AvgIpc) is 3.16. The zero-order valence-electron chi connectivity index (χ0n) is 35.1. The molecule has 6 nitrogen and oxygen atoms in total. The summed E-state index contributed by atoms with van der Waals surface area (Å²) in [5.41, 5.74) is 0. The second-order valence-corrected chi connectivity index (χ2v) is 14.9. The van der Waals surface area contributed by atoms with Crippen LogP contribution in [0.25, 0.3) is 0 Å². The van der Waals surface area contributed by atoms with Crippen LogP contribution in [0.2, 0.25) is 0 Å². The summed E-state index contributed by atoms with van der Waals surface area (Å²) in [6.45, 7) is 4.11. The predicted octanol–water partition coefficient (Wildman–Crippen LogP) is 14.0. The molecule has 310 valence electrons. The molecule has 0 aromatic rings. The number of allylic oxidation sites excluding steroid dienone is 10. The molecule has 0 aromatic heterocycles. The van der Waals surface area contributed by atoms with Crippen molar-refractivity contribution in [2.24, 2.45) is 0 Å². The molecule has 0 heterocycles. The van der Waals surface area contributed by atoms with E-state index in [-0.39, 0.29) is 24.5 Å². The Labute approximate surface area is 332 Å². The van der Waals surface area contributed by atoms with Crippen LogP contribution in [0.3, 0.4) is 0 Å². The fraction of sp³-hybridized carbons (Fsp3) is 0.729. The Bertz CT molecular complexity index is 1010. The highest BCUT2D eigenvalue weighted by Crippen LogP contribution is 2.18. The second-order valence-electron chi connectivity index (χ2n) is 14.9. The van der Waals surface area contributed by atoms with Crippen molar-refractivity contribution in [3.8, 4) is 0 Å². The minimum absolute atomic E-state index is 0.0150. The number of carbonyl (C=O) groups excluding carboxylic acids is 2. The van der Waals surface area contributed by atoms with Crippen molar-refractivity contribution < 1.29 is 24.2 Å². The normalized spacial score (nSPS) is 12.6. The first kappa shape index (κ1) is 51.1. The Balaban J connectivity index is 4.22. The summed E-state index contributed by atoms with van der Waals surface area (Å²) in [7, 11) is 0. The van der Waals surface area contributed by atoms with E-state index >= 15 is 0 Å². The van der Waals surface area contributed by atoms with Gasteiger partial charge in [0.2, 0.25) is 5.91 Å². The van der Waals surface area contributed by atoms with Crippen LogP contribution in [0.5, 0.6) is 0 Å². The lowest BCUT2D eigenvalue weighted by Gasteiger charge is -2.18. The van der Waals surface area contributed by atoms with Crippen LogP contribution in [0.1, 0.15) is 213 Å². The van der Waals surface area contributed by atoms with Crippen LogP contribution in [-0.2, 0) is 19.1 Å². The van der Waals surface area contributed by atoms with E-state index in [4.69, 9.17) is 9.84 Å². The summed E-state index contributed by atoms with van der Waals surface area (Å²) in [4.78, 5) is 35.1. The second kappa shape index (κ2) is 42.8.